The van der Waals surface area contributed by atoms with E-state index in [9.17, 15) is 9.59 Å². The van der Waals surface area contributed by atoms with Crippen LogP contribution in [0.3, 0.4) is 0 Å². The zero-order valence-electron chi connectivity index (χ0n) is 14.4. The van der Waals surface area contributed by atoms with E-state index >= 15 is 0 Å². The van der Waals surface area contributed by atoms with Crippen LogP contribution >= 0.6 is 0 Å². The van der Waals surface area contributed by atoms with Crippen LogP contribution in [-0.2, 0) is 20.1 Å². The summed E-state index contributed by atoms with van der Waals surface area (Å²) in [6.07, 6.45) is 9.49. The predicted octanol–water partition coefficient (Wildman–Crippen LogP) is 1.61. The van der Waals surface area contributed by atoms with Gasteiger partial charge in [-0.1, -0.05) is 24.3 Å². The van der Waals surface area contributed by atoms with Crippen LogP contribution in [0.1, 0.15) is 19.5 Å². The van der Waals surface area contributed by atoms with Crippen molar-refractivity contribution in [2.24, 2.45) is 7.05 Å². The minimum absolute atomic E-state index is 0.253. The number of nitrogens with zero attached hydrogens (tertiary/aromatic N) is 5. The van der Waals surface area contributed by atoms with Crippen LogP contribution in [0.2, 0.25) is 0 Å². The summed E-state index contributed by atoms with van der Waals surface area (Å²) in [6, 6.07) is 0. The fourth-order valence-electron chi connectivity index (χ4n) is 2.86. The summed E-state index contributed by atoms with van der Waals surface area (Å²) in [4.78, 5) is 29.9. The number of imidazole rings is 2. The van der Waals surface area contributed by atoms with Gasteiger partial charge in [0.15, 0.2) is 11.2 Å². The van der Waals surface area contributed by atoms with Crippen LogP contribution in [0.15, 0.2) is 40.1 Å². The SMILES string of the molecule is C/C=C\Cn1c(=O)c2c(nc3n(C/C=C\C)c(C)cn23)n(C)c1=O. The Balaban J connectivity index is 2.41. The van der Waals surface area contributed by atoms with Gasteiger partial charge in [0, 0.05) is 32.0 Å². The Bertz CT molecular complexity index is 1090. The summed E-state index contributed by atoms with van der Waals surface area (Å²) in [7, 11) is 1.64. The zero-order valence-corrected chi connectivity index (χ0v) is 14.4. The van der Waals surface area contributed by atoms with Crippen molar-refractivity contribution in [3.05, 3.63) is 57.0 Å². The standard InChI is InChI=1S/C17H21N5O2/c1-5-7-9-20-12(3)11-22-13-14(18-16(20)22)19(4)17(24)21(15(13)23)10-8-6-2/h5-8,11H,9-10H2,1-4H3/b7-5-,8-6-. The van der Waals surface area contributed by atoms with E-state index in [1.807, 2.05) is 49.8 Å². The van der Waals surface area contributed by atoms with Crippen molar-refractivity contribution < 1.29 is 0 Å². The largest absolute Gasteiger partial charge is 0.332 e. The minimum atomic E-state index is -0.358. The molecule has 0 aliphatic rings. The van der Waals surface area contributed by atoms with E-state index in [0.29, 0.717) is 23.5 Å². The number of hydrogen-bond acceptors (Lipinski definition) is 3. The number of allylic oxidation sites excluding steroid dienone is 4. The van der Waals surface area contributed by atoms with Crippen LogP contribution in [0.5, 0.6) is 0 Å². The van der Waals surface area contributed by atoms with Gasteiger partial charge in [-0.05, 0) is 20.8 Å². The maximum Gasteiger partial charge on any atom is 0.332 e. The zero-order chi connectivity index (χ0) is 17.4. The van der Waals surface area contributed by atoms with Crippen molar-refractivity contribution in [3.8, 4) is 0 Å². The molecule has 0 saturated carbocycles. The Hall–Kier alpha value is -2.83. The number of aromatic nitrogens is 5. The Morgan fingerprint density at radius 2 is 1.71 bits per heavy atom. The fraction of sp³-hybridized carbons (Fsp3) is 0.353. The molecule has 0 unspecified atom stereocenters. The first-order valence-corrected chi connectivity index (χ1v) is 7.91. The van der Waals surface area contributed by atoms with Crippen molar-refractivity contribution in [3.63, 3.8) is 0 Å². The van der Waals surface area contributed by atoms with Crippen molar-refractivity contribution in [1.29, 1.82) is 0 Å². The molecule has 0 N–H and O–H groups in total. The van der Waals surface area contributed by atoms with E-state index < -0.39 is 0 Å². The van der Waals surface area contributed by atoms with Gasteiger partial charge in [0.25, 0.3) is 5.56 Å². The number of aryl methyl sites for hydroxylation is 2. The molecule has 126 valence electrons. The Morgan fingerprint density at radius 1 is 1.08 bits per heavy atom. The van der Waals surface area contributed by atoms with Crippen molar-refractivity contribution in [2.45, 2.75) is 33.9 Å². The van der Waals surface area contributed by atoms with Crippen LogP contribution in [0, 0.1) is 6.92 Å². The third kappa shape index (κ3) is 2.24. The van der Waals surface area contributed by atoms with Gasteiger partial charge in [-0.25, -0.2) is 4.79 Å². The minimum Gasteiger partial charge on any atom is -0.310 e. The average molecular weight is 327 g/mol. The Labute approximate surface area is 138 Å². The molecule has 0 aliphatic carbocycles. The fourth-order valence-corrected chi connectivity index (χ4v) is 2.86. The number of fused-ring (bicyclic) bond motifs is 3. The Kier molecular flexibility index (Phi) is 4.01. The van der Waals surface area contributed by atoms with E-state index in [1.165, 1.54) is 9.13 Å². The molecule has 0 bridgehead atoms. The average Bonchev–Trinajstić information content (AvgIpc) is 3.06. The lowest BCUT2D eigenvalue weighted by molar-refractivity contribution is 0.666. The maximum absolute atomic E-state index is 12.8. The Morgan fingerprint density at radius 3 is 2.33 bits per heavy atom. The highest BCUT2D eigenvalue weighted by molar-refractivity contribution is 5.75. The molecular formula is C17H21N5O2. The predicted molar refractivity (Wildman–Crippen MR) is 94.6 cm³/mol. The first-order chi connectivity index (χ1) is 11.5. The molecule has 0 aromatic carbocycles. The first kappa shape index (κ1) is 16.0. The van der Waals surface area contributed by atoms with Crippen LogP contribution in [0.4, 0.5) is 0 Å². The van der Waals surface area contributed by atoms with E-state index in [1.54, 1.807) is 17.5 Å². The van der Waals surface area contributed by atoms with Crippen LogP contribution in [-0.4, -0.2) is 23.1 Å². The summed E-state index contributed by atoms with van der Waals surface area (Å²) in [5.41, 5.74) is 1.17. The molecule has 0 spiro atoms. The van der Waals surface area contributed by atoms with Gasteiger partial charge in [-0.2, -0.15) is 4.98 Å². The van der Waals surface area contributed by atoms with E-state index in [4.69, 9.17) is 0 Å². The van der Waals surface area contributed by atoms with Crippen LogP contribution < -0.4 is 11.2 Å². The molecule has 7 nitrogen and oxygen atoms in total. The molecular weight excluding hydrogens is 306 g/mol. The number of rotatable bonds is 4. The van der Waals surface area contributed by atoms with Crippen molar-refractivity contribution in [2.75, 3.05) is 0 Å². The molecule has 3 aromatic heterocycles. The summed E-state index contributed by atoms with van der Waals surface area (Å²) >= 11 is 0. The van der Waals surface area contributed by atoms with E-state index in [-0.39, 0.29) is 17.8 Å². The first-order valence-electron chi connectivity index (χ1n) is 7.91. The van der Waals surface area contributed by atoms with Gasteiger partial charge < -0.3 is 4.57 Å². The van der Waals surface area contributed by atoms with Gasteiger partial charge in [-0.15, -0.1) is 0 Å². The molecule has 0 radical (unpaired) electrons. The normalized spacial score (nSPS) is 12.5. The van der Waals surface area contributed by atoms with Crippen molar-refractivity contribution >= 4 is 16.9 Å². The molecule has 0 fully saturated rings. The van der Waals surface area contributed by atoms with Gasteiger partial charge >= 0.3 is 5.69 Å². The molecule has 0 atom stereocenters. The van der Waals surface area contributed by atoms with Gasteiger partial charge in [0.1, 0.15) is 0 Å². The topological polar surface area (TPSA) is 66.2 Å². The third-order valence-corrected chi connectivity index (χ3v) is 4.19. The molecule has 3 heterocycles. The van der Waals surface area contributed by atoms with Crippen molar-refractivity contribution in [1.82, 2.24) is 23.1 Å². The summed E-state index contributed by atoms with van der Waals surface area (Å²) in [6.45, 7) is 6.72. The second kappa shape index (κ2) is 5.99. The molecule has 3 aromatic rings. The smallest absolute Gasteiger partial charge is 0.310 e. The molecule has 0 aliphatic heterocycles. The summed E-state index contributed by atoms with van der Waals surface area (Å²) in [5.74, 6) is 0.663. The third-order valence-electron chi connectivity index (χ3n) is 4.19. The second-order valence-corrected chi connectivity index (χ2v) is 5.73. The molecule has 7 heteroatoms. The van der Waals surface area contributed by atoms with Crippen LogP contribution in [0.25, 0.3) is 16.9 Å². The quantitative estimate of drug-likeness (QED) is 0.684. The van der Waals surface area contributed by atoms with Gasteiger partial charge in [0.05, 0.1) is 0 Å². The number of hydrogen-bond donors (Lipinski definition) is 0. The molecule has 0 saturated heterocycles. The highest BCUT2D eigenvalue weighted by Crippen LogP contribution is 2.16. The molecule has 3 rings (SSSR count). The molecule has 24 heavy (non-hydrogen) atoms. The molecule has 0 amide bonds. The van der Waals surface area contributed by atoms with E-state index in [2.05, 4.69) is 4.98 Å². The van der Waals surface area contributed by atoms with Gasteiger partial charge in [0.2, 0.25) is 5.78 Å². The van der Waals surface area contributed by atoms with Gasteiger partial charge in [-0.3, -0.25) is 18.3 Å². The summed E-state index contributed by atoms with van der Waals surface area (Å²) in [5, 5.41) is 0. The lowest BCUT2D eigenvalue weighted by atomic mass is 10.4. The highest BCUT2D eigenvalue weighted by atomic mass is 16.2. The summed E-state index contributed by atoms with van der Waals surface area (Å²) < 4.78 is 6.46. The maximum atomic E-state index is 12.8. The second-order valence-electron chi connectivity index (χ2n) is 5.73. The lowest BCUT2D eigenvalue weighted by Gasteiger charge is -2.05. The lowest BCUT2D eigenvalue weighted by Crippen LogP contribution is -2.39. The highest BCUT2D eigenvalue weighted by Gasteiger charge is 2.19. The van der Waals surface area contributed by atoms with E-state index in [0.717, 1.165) is 5.69 Å². The monoisotopic (exact) mass is 327 g/mol.